The second-order valence-electron chi connectivity index (χ2n) is 11.0. The zero-order valence-corrected chi connectivity index (χ0v) is 25.3. The lowest BCUT2D eigenvalue weighted by atomic mass is 10.2. The fraction of sp³-hybridized carbons (Fsp3) is 0.355. The highest BCUT2D eigenvalue weighted by molar-refractivity contribution is 5.95. The number of hydrogen-bond acceptors (Lipinski definition) is 9. The van der Waals surface area contributed by atoms with Crippen LogP contribution >= 0.6 is 0 Å². The molecule has 1 fully saturated rings. The SMILES string of the molecule is CCc1c(N2CCN(C(=O)c3ncccc3O)CC2)c(=O)n2nc(C3=CCCCO3)nc2n1CC(=O)Nc1ccc(C(F)(F)F)cc1. The number of fused-ring (bicyclic) bond motifs is 1. The van der Waals surface area contributed by atoms with Crippen molar-refractivity contribution in [3.05, 3.63) is 81.8 Å². The van der Waals surface area contributed by atoms with E-state index in [1.54, 1.807) is 9.47 Å². The average Bonchev–Trinajstić information content (AvgIpc) is 3.52. The van der Waals surface area contributed by atoms with Crippen LogP contribution in [0, 0.1) is 0 Å². The van der Waals surface area contributed by atoms with Gasteiger partial charge in [-0.05, 0) is 61.7 Å². The predicted molar refractivity (Wildman–Crippen MR) is 164 cm³/mol. The number of amides is 2. The van der Waals surface area contributed by atoms with E-state index in [1.165, 1.54) is 30.5 Å². The number of nitrogens with zero attached hydrogens (tertiary/aromatic N) is 7. The van der Waals surface area contributed by atoms with Crippen LogP contribution in [0.1, 0.15) is 47.3 Å². The lowest BCUT2D eigenvalue weighted by molar-refractivity contribution is -0.137. The van der Waals surface area contributed by atoms with Gasteiger partial charge in [0.15, 0.2) is 11.5 Å². The molecule has 0 unspecified atom stereocenters. The Kier molecular flexibility index (Phi) is 8.58. The number of nitrogens with one attached hydrogen (secondary N) is 1. The first-order valence-corrected chi connectivity index (χ1v) is 15.1. The van der Waals surface area contributed by atoms with Crippen LogP contribution < -0.4 is 15.8 Å². The van der Waals surface area contributed by atoms with Crippen molar-refractivity contribution in [2.24, 2.45) is 0 Å². The summed E-state index contributed by atoms with van der Waals surface area (Å²) in [4.78, 5) is 52.4. The number of anilines is 2. The molecule has 0 spiro atoms. The first kappa shape index (κ1) is 31.6. The number of alkyl halides is 3. The molecule has 2 aliphatic rings. The van der Waals surface area contributed by atoms with E-state index in [-0.39, 0.29) is 67.1 Å². The third-order valence-electron chi connectivity index (χ3n) is 7.99. The minimum Gasteiger partial charge on any atom is -0.505 e. The molecular weight excluding hydrogens is 621 g/mol. The summed E-state index contributed by atoms with van der Waals surface area (Å²) in [6.45, 7) is 2.96. The standard InChI is InChI=1S/C31H31F3N8O5/c1-2-21-26(39-13-15-40(16-14-39)28(45)25-22(43)6-5-12-35-25)29(46)42-30(37-27(38-42)23-7-3-4-17-47-23)41(21)18-24(44)36-20-10-8-19(9-11-20)31(32,33)34/h5-12,43H,2-4,13-18H2,1H3,(H,36,44). The van der Waals surface area contributed by atoms with E-state index in [0.29, 0.717) is 24.5 Å². The van der Waals surface area contributed by atoms with Crippen LogP contribution in [0.5, 0.6) is 5.75 Å². The molecular formula is C31H31F3N8O5. The molecule has 2 aliphatic heterocycles. The lowest BCUT2D eigenvalue weighted by Gasteiger charge is -2.36. The maximum atomic E-state index is 14.1. The molecule has 5 heterocycles. The Morgan fingerprint density at radius 2 is 1.83 bits per heavy atom. The second kappa shape index (κ2) is 12.8. The normalized spacial score (nSPS) is 15.4. The van der Waals surface area contributed by atoms with E-state index in [4.69, 9.17) is 4.74 Å². The molecule has 246 valence electrons. The van der Waals surface area contributed by atoms with Crippen molar-refractivity contribution in [3.8, 4) is 5.75 Å². The second-order valence-corrected chi connectivity index (χ2v) is 11.0. The molecule has 0 saturated carbocycles. The minimum atomic E-state index is -4.52. The summed E-state index contributed by atoms with van der Waals surface area (Å²) in [6.07, 6.45) is 0.627. The largest absolute Gasteiger partial charge is 0.505 e. The molecule has 0 atom stereocenters. The Bertz CT molecular complexity index is 1910. The number of halogens is 3. The van der Waals surface area contributed by atoms with Crippen LogP contribution in [0.25, 0.3) is 11.5 Å². The van der Waals surface area contributed by atoms with Gasteiger partial charge in [-0.15, -0.1) is 5.10 Å². The number of allylic oxidation sites excluding steroid dienone is 1. The summed E-state index contributed by atoms with van der Waals surface area (Å²) in [6, 6.07) is 7.00. The monoisotopic (exact) mass is 652 g/mol. The molecule has 16 heteroatoms. The first-order valence-electron chi connectivity index (χ1n) is 15.1. The highest BCUT2D eigenvalue weighted by atomic mass is 19.4. The van der Waals surface area contributed by atoms with E-state index in [2.05, 4.69) is 20.4 Å². The molecule has 47 heavy (non-hydrogen) atoms. The zero-order chi connectivity index (χ0) is 33.3. The summed E-state index contributed by atoms with van der Waals surface area (Å²) in [5, 5.41) is 17.2. The van der Waals surface area contributed by atoms with Crippen molar-refractivity contribution < 1.29 is 32.6 Å². The van der Waals surface area contributed by atoms with Gasteiger partial charge in [0.05, 0.1) is 17.9 Å². The third-order valence-corrected chi connectivity index (χ3v) is 7.99. The number of carbonyl (C=O) groups is 2. The summed E-state index contributed by atoms with van der Waals surface area (Å²) in [5.74, 6) is -0.516. The topological polar surface area (TPSA) is 147 Å². The van der Waals surface area contributed by atoms with E-state index in [9.17, 15) is 32.7 Å². The molecule has 0 aliphatic carbocycles. The minimum absolute atomic E-state index is 0.0626. The van der Waals surface area contributed by atoms with Gasteiger partial charge in [-0.25, -0.2) is 4.98 Å². The molecule has 0 radical (unpaired) electrons. The first-order chi connectivity index (χ1) is 22.5. The third kappa shape index (κ3) is 6.35. The summed E-state index contributed by atoms with van der Waals surface area (Å²) in [5.41, 5.74) is -0.429. The summed E-state index contributed by atoms with van der Waals surface area (Å²) in [7, 11) is 0. The number of pyridine rings is 1. The van der Waals surface area contributed by atoms with Crippen molar-refractivity contribution in [2.45, 2.75) is 38.9 Å². The van der Waals surface area contributed by atoms with Crippen molar-refractivity contribution in [1.82, 2.24) is 29.0 Å². The van der Waals surface area contributed by atoms with Gasteiger partial charge in [0, 0.05) is 38.1 Å². The van der Waals surface area contributed by atoms with Gasteiger partial charge in [-0.2, -0.15) is 22.7 Å². The summed E-state index contributed by atoms with van der Waals surface area (Å²) >= 11 is 0. The Balaban J connectivity index is 1.34. The predicted octanol–water partition coefficient (Wildman–Crippen LogP) is 3.33. The Hall–Kier alpha value is -5.41. The Morgan fingerprint density at radius 3 is 2.47 bits per heavy atom. The zero-order valence-electron chi connectivity index (χ0n) is 25.3. The molecule has 2 N–H and O–H groups in total. The number of hydrogen-bond donors (Lipinski definition) is 2. The molecule has 2 amide bonds. The number of aromatic hydroxyl groups is 1. The van der Waals surface area contributed by atoms with Crippen molar-refractivity contribution in [3.63, 3.8) is 0 Å². The maximum absolute atomic E-state index is 14.1. The van der Waals surface area contributed by atoms with E-state index >= 15 is 0 Å². The Morgan fingerprint density at radius 1 is 1.09 bits per heavy atom. The average molecular weight is 653 g/mol. The van der Waals surface area contributed by atoms with Gasteiger partial charge in [0.1, 0.15) is 18.0 Å². The molecule has 6 rings (SSSR count). The molecule has 3 aromatic heterocycles. The molecule has 4 aromatic rings. The van der Waals surface area contributed by atoms with Gasteiger partial charge in [0.2, 0.25) is 17.5 Å². The number of aromatic nitrogens is 5. The molecule has 1 saturated heterocycles. The highest BCUT2D eigenvalue weighted by Crippen LogP contribution is 2.30. The van der Waals surface area contributed by atoms with Crippen LogP contribution in [0.3, 0.4) is 0 Å². The van der Waals surface area contributed by atoms with Gasteiger partial charge in [-0.3, -0.25) is 14.4 Å². The van der Waals surface area contributed by atoms with Crippen LogP contribution in [0.2, 0.25) is 0 Å². The van der Waals surface area contributed by atoms with Crippen molar-refractivity contribution >= 4 is 34.7 Å². The summed E-state index contributed by atoms with van der Waals surface area (Å²) < 4.78 is 47.5. The number of carbonyl (C=O) groups excluding carboxylic acids is 2. The van der Waals surface area contributed by atoms with Crippen LogP contribution in [0.4, 0.5) is 24.5 Å². The van der Waals surface area contributed by atoms with Gasteiger partial charge in [0.25, 0.3) is 11.5 Å². The van der Waals surface area contributed by atoms with Crippen LogP contribution in [0.15, 0.2) is 53.5 Å². The van der Waals surface area contributed by atoms with Crippen LogP contribution in [-0.4, -0.2) is 78.8 Å². The van der Waals surface area contributed by atoms with Gasteiger partial charge in [-0.1, -0.05) is 6.92 Å². The van der Waals surface area contributed by atoms with E-state index in [1.807, 2.05) is 17.9 Å². The highest BCUT2D eigenvalue weighted by Gasteiger charge is 2.31. The van der Waals surface area contributed by atoms with E-state index in [0.717, 1.165) is 29.5 Å². The smallest absolute Gasteiger partial charge is 0.416 e. The van der Waals surface area contributed by atoms with Crippen molar-refractivity contribution in [2.75, 3.05) is 43.0 Å². The van der Waals surface area contributed by atoms with Gasteiger partial charge >= 0.3 is 6.18 Å². The van der Waals surface area contributed by atoms with Crippen LogP contribution in [-0.2, 0) is 28.7 Å². The van der Waals surface area contributed by atoms with Gasteiger partial charge < -0.3 is 29.5 Å². The lowest BCUT2D eigenvalue weighted by Crippen LogP contribution is -2.51. The molecule has 1 aromatic carbocycles. The fourth-order valence-corrected chi connectivity index (χ4v) is 5.68. The van der Waals surface area contributed by atoms with E-state index < -0.39 is 29.1 Å². The number of piperazine rings is 1. The number of benzene rings is 1. The Labute approximate surface area is 265 Å². The number of ether oxygens (including phenoxy) is 1. The fourth-order valence-electron chi connectivity index (χ4n) is 5.68. The number of rotatable bonds is 7. The molecule has 0 bridgehead atoms. The maximum Gasteiger partial charge on any atom is 0.416 e. The molecule has 13 nitrogen and oxygen atoms in total. The quantitative estimate of drug-likeness (QED) is 0.307. The van der Waals surface area contributed by atoms with Crippen molar-refractivity contribution in [1.29, 1.82) is 0 Å².